The van der Waals surface area contributed by atoms with Gasteiger partial charge in [-0.3, -0.25) is 14.9 Å². The van der Waals surface area contributed by atoms with E-state index in [1.54, 1.807) is 13.0 Å². The molecule has 1 aromatic heterocycles. The van der Waals surface area contributed by atoms with E-state index < -0.39 is 10.8 Å². The molecule has 0 aliphatic heterocycles. The van der Waals surface area contributed by atoms with Gasteiger partial charge >= 0.3 is 0 Å². The third-order valence-electron chi connectivity index (χ3n) is 2.35. The number of nitro benzene ring substituents is 1. The van der Waals surface area contributed by atoms with Gasteiger partial charge in [-0.05, 0) is 18.6 Å². The van der Waals surface area contributed by atoms with E-state index in [0.717, 1.165) is 16.9 Å². The van der Waals surface area contributed by atoms with E-state index in [1.165, 1.54) is 17.5 Å². The van der Waals surface area contributed by atoms with Gasteiger partial charge in [0.05, 0.1) is 4.92 Å². The lowest BCUT2D eigenvalue weighted by Gasteiger charge is -2.05. The molecule has 19 heavy (non-hydrogen) atoms. The number of nitrogens with one attached hydrogen (secondary N) is 1. The number of aryl methyl sites for hydroxylation is 1. The Balaban J connectivity index is 2.30. The van der Waals surface area contributed by atoms with Gasteiger partial charge in [0.15, 0.2) is 5.13 Å². The molecule has 2 rings (SSSR count). The summed E-state index contributed by atoms with van der Waals surface area (Å²) < 4.78 is 0. The zero-order valence-electron chi connectivity index (χ0n) is 9.91. The minimum Gasteiger partial charge on any atom is -0.375 e. The first kappa shape index (κ1) is 13.0. The summed E-state index contributed by atoms with van der Waals surface area (Å²) in [4.78, 5) is 26.0. The third-order valence-corrected chi connectivity index (χ3v) is 3.03. The predicted molar refractivity (Wildman–Crippen MR) is 72.3 cm³/mol. The largest absolute Gasteiger partial charge is 0.375 e. The Hall–Kier alpha value is -2.48. The Morgan fingerprint density at radius 2 is 2.26 bits per heavy atom. The minimum atomic E-state index is -0.551. The lowest BCUT2D eigenvalue weighted by molar-refractivity contribution is -0.383. The van der Waals surface area contributed by atoms with Crippen molar-refractivity contribution in [1.82, 2.24) is 4.98 Å². The zero-order valence-corrected chi connectivity index (χ0v) is 10.7. The van der Waals surface area contributed by atoms with E-state index in [1.807, 2.05) is 0 Å². The van der Waals surface area contributed by atoms with E-state index in [-0.39, 0.29) is 22.2 Å². The van der Waals surface area contributed by atoms with Crippen LogP contribution < -0.4 is 11.1 Å². The van der Waals surface area contributed by atoms with E-state index in [9.17, 15) is 14.9 Å². The molecular formula is C11H10N4O3S. The molecule has 1 amide bonds. The number of nitrogen functional groups attached to an aromatic ring is 1. The maximum atomic E-state index is 11.9. The van der Waals surface area contributed by atoms with Crippen molar-refractivity contribution in [1.29, 1.82) is 0 Å². The summed E-state index contributed by atoms with van der Waals surface area (Å²) in [6, 6.07) is 4.49. The molecule has 0 aliphatic carbocycles. The molecule has 0 fully saturated rings. The fraction of sp³-hybridized carbons (Fsp3) is 0.0909. The number of benzene rings is 1. The number of nitrogens with zero attached hydrogens (tertiary/aromatic N) is 2. The molecular weight excluding hydrogens is 268 g/mol. The number of carbonyl (C=O) groups excluding carboxylic acids is 1. The summed E-state index contributed by atoms with van der Waals surface area (Å²) in [6.45, 7) is 1.78. The molecule has 0 atom stereocenters. The SMILES string of the molecule is Cc1ccc([N+](=O)[O-])c(NC(=O)c2csc(N)n2)c1. The summed E-state index contributed by atoms with van der Waals surface area (Å²) in [5, 5.41) is 15.1. The quantitative estimate of drug-likeness (QED) is 0.660. The molecule has 0 bridgehead atoms. The van der Waals surface area contributed by atoms with Gasteiger partial charge in [-0.25, -0.2) is 4.98 Å². The number of amides is 1. The summed E-state index contributed by atoms with van der Waals surface area (Å²) in [7, 11) is 0. The molecule has 1 aromatic carbocycles. The van der Waals surface area contributed by atoms with Crippen LogP contribution in [0.25, 0.3) is 0 Å². The number of hydrogen-bond acceptors (Lipinski definition) is 6. The average Bonchev–Trinajstić information content (AvgIpc) is 2.75. The van der Waals surface area contributed by atoms with Gasteiger partial charge in [0.25, 0.3) is 11.6 Å². The smallest absolute Gasteiger partial charge is 0.292 e. The predicted octanol–water partition coefficient (Wildman–Crippen LogP) is 2.19. The number of nitrogens with two attached hydrogens (primary N) is 1. The highest BCUT2D eigenvalue weighted by Crippen LogP contribution is 2.26. The molecule has 0 radical (unpaired) electrons. The van der Waals surface area contributed by atoms with Crippen molar-refractivity contribution in [3.05, 3.63) is 45.0 Å². The van der Waals surface area contributed by atoms with Crippen LogP contribution in [0.15, 0.2) is 23.6 Å². The Bertz CT molecular complexity index is 653. The first-order valence-electron chi connectivity index (χ1n) is 5.25. The molecule has 8 heteroatoms. The molecule has 0 unspecified atom stereocenters. The van der Waals surface area contributed by atoms with Crippen molar-refractivity contribution in [3.8, 4) is 0 Å². The molecule has 3 N–H and O–H groups in total. The third kappa shape index (κ3) is 2.86. The Morgan fingerprint density at radius 1 is 1.53 bits per heavy atom. The van der Waals surface area contributed by atoms with Gasteiger partial charge in [-0.15, -0.1) is 11.3 Å². The van der Waals surface area contributed by atoms with Crippen molar-refractivity contribution in [2.75, 3.05) is 11.1 Å². The van der Waals surface area contributed by atoms with Gasteiger partial charge < -0.3 is 11.1 Å². The first-order chi connectivity index (χ1) is 8.97. The van der Waals surface area contributed by atoms with E-state index in [0.29, 0.717) is 0 Å². The number of aromatic nitrogens is 1. The van der Waals surface area contributed by atoms with Crippen molar-refractivity contribution >= 4 is 33.8 Å². The lowest BCUT2D eigenvalue weighted by Crippen LogP contribution is -2.13. The van der Waals surface area contributed by atoms with Gasteiger partial charge in [-0.2, -0.15) is 0 Å². The van der Waals surface area contributed by atoms with Crippen molar-refractivity contribution in [2.45, 2.75) is 6.92 Å². The highest BCUT2D eigenvalue weighted by Gasteiger charge is 2.17. The second kappa shape index (κ2) is 5.02. The van der Waals surface area contributed by atoms with Crippen LogP contribution >= 0.6 is 11.3 Å². The van der Waals surface area contributed by atoms with Crippen LogP contribution in [0.3, 0.4) is 0 Å². The number of hydrogen-bond donors (Lipinski definition) is 2. The Kier molecular flexibility index (Phi) is 3.43. The highest BCUT2D eigenvalue weighted by atomic mass is 32.1. The zero-order chi connectivity index (χ0) is 14.0. The van der Waals surface area contributed by atoms with Crippen molar-refractivity contribution < 1.29 is 9.72 Å². The molecule has 2 aromatic rings. The monoisotopic (exact) mass is 278 g/mol. The van der Waals surface area contributed by atoms with Crippen LogP contribution in [0.1, 0.15) is 16.1 Å². The minimum absolute atomic E-state index is 0.137. The molecule has 0 spiro atoms. The molecule has 0 aliphatic rings. The van der Waals surface area contributed by atoms with E-state index in [2.05, 4.69) is 10.3 Å². The number of rotatable bonds is 3. The molecule has 0 saturated carbocycles. The number of thiazole rings is 1. The standard InChI is InChI=1S/C11H10N4O3S/c1-6-2-3-9(15(17)18)7(4-6)13-10(16)8-5-19-11(12)14-8/h2-5H,1H3,(H2,12,14)(H,13,16). The second-order valence-electron chi connectivity index (χ2n) is 3.80. The maximum absolute atomic E-state index is 11.9. The fourth-order valence-electron chi connectivity index (χ4n) is 1.49. The van der Waals surface area contributed by atoms with Crippen LogP contribution in [0.4, 0.5) is 16.5 Å². The first-order valence-corrected chi connectivity index (χ1v) is 6.12. The number of anilines is 2. The van der Waals surface area contributed by atoms with Gasteiger partial charge in [0, 0.05) is 11.4 Å². The number of carbonyl (C=O) groups is 1. The van der Waals surface area contributed by atoms with Crippen LogP contribution in [-0.4, -0.2) is 15.8 Å². The Morgan fingerprint density at radius 3 is 2.84 bits per heavy atom. The molecule has 1 heterocycles. The number of nitro groups is 1. The van der Waals surface area contributed by atoms with Crippen LogP contribution in [0, 0.1) is 17.0 Å². The van der Waals surface area contributed by atoms with Crippen LogP contribution in [0.5, 0.6) is 0 Å². The van der Waals surface area contributed by atoms with Gasteiger partial charge in [0.1, 0.15) is 11.4 Å². The summed E-state index contributed by atoms with van der Waals surface area (Å²) in [6.07, 6.45) is 0. The topological polar surface area (TPSA) is 111 Å². The van der Waals surface area contributed by atoms with Crippen molar-refractivity contribution in [2.24, 2.45) is 0 Å². The van der Waals surface area contributed by atoms with Crippen LogP contribution in [0.2, 0.25) is 0 Å². The highest BCUT2D eigenvalue weighted by molar-refractivity contribution is 7.13. The molecule has 7 nitrogen and oxygen atoms in total. The van der Waals surface area contributed by atoms with E-state index in [4.69, 9.17) is 5.73 Å². The fourth-order valence-corrected chi connectivity index (χ4v) is 2.03. The average molecular weight is 278 g/mol. The van der Waals surface area contributed by atoms with Gasteiger partial charge in [-0.1, -0.05) is 6.07 Å². The van der Waals surface area contributed by atoms with Crippen molar-refractivity contribution in [3.63, 3.8) is 0 Å². The normalized spacial score (nSPS) is 10.2. The second-order valence-corrected chi connectivity index (χ2v) is 4.69. The molecule has 0 saturated heterocycles. The molecule has 98 valence electrons. The van der Waals surface area contributed by atoms with E-state index >= 15 is 0 Å². The lowest BCUT2D eigenvalue weighted by atomic mass is 10.2. The van der Waals surface area contributed by atoms with Gasteiger partial charge in [0.2, 0.25) is 0 Å². The summed E-state index contributed by atoms with van der Waals surface area (Å²) in [5.41, 5.74) is 6.35. The van der Waals surface area contributed by atoms with Crippen LogP contribution in [-0.2, 0) is 0 Å². The maximum Gasteiger partial charge on any atom is 0.292 e. The Labute approximate surface area is 112 Å². The summed E-state index contributed by atoms with van der Waals surface area (Å²) in [5.74, 6) is -0.526. The summed E-state index contributed by atoms with van der Waals surface area (Å²) >= 11 is 1.13.